The van der Waals surface area contributed by atoms with Gasteiger partial charge in [0, 0.05) is 25.9 Å². The summed E-state index contributed by atoms with van der Waals surface area (Å²) in [6.45, 7) is 8.45. The minimum atomic E-state index is -3.14. The van der Waals surface area contributed by atoms with E-state index in [1.54, 1.807) is 4.31 Å². The molecule has 0 amide bonds. The van der Waals surface area contributed by atoms with Crippen LogP contribution in [0.3, 0.4) is 0 Å². The Morgan fingerprint density at radius 3 is 2.11 bits per heavy atom. The Labute approximate surface area is 116 Å². The second-order valence-electron chi connectivity index (χ2n) is 6.63. The number of hydrogen-bond acceptors (Lipinski definition) is 4. The zero-order chi connectivity index (χ0) is 14.1. The third-order valence-corrected chi connectivity index (χ3v) is 5.67. The molecule has 2 aliphatic heterocycles. The number of nitrogens with zero attached hydrogens (tertiary/aromatic N) is 1. The lowest BCUT2D eigenvalue weighted by Gasteiger charge is -2.37. The van der Waals surface area contributed by atoms with Gasteiger partial charge in [0.15, 0.2) is 5.79 Å². The van der Waals surface area contributed by atoms with Crippen LogP contribution >= 0.6 is 0 Å². The molecular weight excluding hydrogens is 266 g/mol. The molecule has 0 bridgehead atoms. The predicted molar refractivity (Wildman–Crippen MR) is 73.3 cm³/mol. The largest absolute Gasteiger partial charge is 0.347 e. The first-order valence-corrected chi connectivity index (χ1v) is 8.59. The summed E-state index contributed by atoms with van der Waals surface area (Å²) in [6.07, 6.45) is 1.97. The molecule has 0 aromatic heterocycles. The first-order valence-electron chi connectivity index (χ1n) is 6.98. The van der Waals surface area contributed by atoms with Crippen molar-refractivity contribution in [3.05, 3.63) is 0 Å². The van der Waals surface area contributed by atoms with E-state index in [1.165, 1.54) is 0 Å². The highest BCUT2D eigenvalue weighted by Crippen LogP contribution is 2.32. The molecule has 0 unspecified atom stereocenters. The van der Waals surface area contributed by atoms with Crippen molar-refractivity contribution in [3.8, 4) is 0 Å². The average Bonchev–Trinajstić information content (AvgIpc) is 2.75. The van der Waals surface area contributed by atoms with Gasteiger partial charge in [0.1, 0.15) is 0 Å². The maximum absolute atomic E-state index is 12.3. The third kappa shape index (κ3) is 3.90. The van der Waals surface area contributed by atoms with Gasteiger partial charge in [-0.25, -0.2) is 12.7 Å². The van der Waals surface area contributed by atoms with Crippen molar-refractivity contribution in [3.63, 3.8) is 0 Å². The summed E-state index contributed by atoms with van der Waals surface area (Å²) in [5, 5.41) is 0. The molecule has 0 atom stereocenters. The van der Waals surface area contributed by atoms with Gasteiger partial charge in [-0.3, -0.25) is 0 Å². The highest BCUT2D eigenvalue weighted by Gasteiger charge is 2.42. The number of rotatable bonds is 3. The first kappa shape index (κ1) is 15.2. The van der Waals surface area contributed by atoms with Gasteiger partial charge < -0.3 is 9.47 Å². The molecule has 0 N–H and O–H groups in total. The lowest BCUT2D eigenvalue weighted by Crippen LogP contribution is -2.48. The van der Waals surface area contributed by atoms with Crippen molar-refractivity contribution in [1.82, 2.24) is 4.31 Å². The van der Waals surface area contributed by atoms with E-state index in [-0.39, 0.29) is 11.2 Å². The van der Waals surface area contributed by atoms with Crippen molar-refractivity contribution in [2.45, 2.75) is 45.8 Å². The monoisotopic (exact) mass is 291 g/mol. The number of piperidine rings is 1. The maximum atomic E-state index is 12.3. The van der Waals surface area contributed by atoms with Crippen molar-refractivity contribution in [2.24, 2.45) is 5.41 Å². The summed E-state index contributed by atoms with van der Waals surface area (Å²) in [5.74, 6) is -0.277. The van der Waals surface area contributed by atoms with Crippen molar-refractivity contribution < 1.29 is 17.9 Å². The van der Waals surface area contributed by atoms with Gasteiger partial charge >= 0.3 is 0 Å². The zero-order valence-corrected chi connectivity index (χ0v) is 13.0. The maximum Gasteiger partial charge on any atom is 0.214 e. The van der Waals surface area contributed by atoms with Crippen LogP contribution in [0, 0.1) is 5.41 Å². The minimum Gasteiger partial charge on any atom is -0.347 e. The lowest BCUT2D eigenvalue weighted by molar-refractivity contribution is -0.179. The summed E-state index contributed by atoms with van der Waals surface area (Å²) in [6, 6.07) is 0. The third-order valence-electron chi connectivity index (χ3n) is 3.80. The summed E-state index contributed by atoms with van der Waals surface area (Å²) < 4.78 is 37.4. The number of ether oxygens (including phenoxy) is 2. The number of hydrogen-bond donors (Lipinski definition) is 0. The van der Waals surface area contributed by atoms with Crippen molar-refractivity contribution >= 4 is 10.0 Å². The molecule has 0 aromatic rings. The topological polar surface area (TPSA) is 55.8 Å². The molecule has 0 aliphatic carbocycles. The highest BCUT2D eigenvalue weighted by atomic mass is 32.2. The van der Waals surface area contributed by atoms with Gasteiger partial charge in [-0.1, -0.05) is 20.8 Å². The fourth-order valence-electron chi connectivity index (χ4n) is 2.46. The molecule has 2 fully saturated rings. The SMILES string of the molecule is CC(C)(C)CCS(=O)(=O)N1CCC2(CC1)OCCO2. The molecule has 19 heavy (non-hydrogen) atoms. The summed E-state index contributed by atoms with van der Waals surface area (Å²) in [7, 11) is -3.14. The summed E-state index contributed by atoms with van der Waals surface area (Å²) >= 11 is 0. The summed E-state index contributed by atoms with van der Waals surface area (Å²) in [4.78, 5) is 0. The van der Waals surface area contributed by atoms with E-state index < -0.39 is 15.8 Å². The smallest absolute Gasteiger partial charge is 0.214 e. The Morgan fingerprint density at radius 2 is 1.63 bits per heavy atom. The van der Waals surface area contributed by atoms with Crippen LogP contribution in [0.15, 0.2) is 0 Å². The molecule has 1 spiro atoms. The molecule has 6 heteroatoms. The van der Waals surface area contributed by atoms with Crippen LogP contribution in [-0.2, 0) is 19.5 Å². The Kier molecular flexibility index (Phi) is 4.26. The van der Waals surface area contributed by atoms with Crippen LogP contribution in [0.1, 0.15) is 40.0 Å². The molecule has 0 saturated carbocycles. The first-order chi connectivity index (χ1) is 8.73. The van der Waals surface area contributed by atoms with Crippen molar-refractivity contribution in [1.29, 1.82) is 0 Å². The standard InChI is InChI=1S/C13H25NO4S/c1-12(2,3)6-11-19(15,16)14-7-4-13(5-8-14)17-9-10-18-13/h4-11H2,1-3H3. The Hall–Kier alpha value is -0.170. The molecule has 2 aliphatic rings. The number of sulfonamides is 1. The second kappa shape index (κ2) is 5.31. The van der Waals surface area contributed by atoms with Crippen molar-refractivity contribution in [2.75, 3.05) is 32.1 Å². The quantitative estimate of drug-likeness (QED) is 0.792. The van der Waals surface area contributed by atoms with Gasteiger partial charge in [-0.2, -0.15) is 0 Å². The molecular formula is C13H25NO4S. The fourth-order valence-corrected chi connectivity index (χ4v) is 4.32. The fraction of sp³-hybridized carbons (Fsp3) is 1.00. The van der Waals surface area contributed by atoms with E-state index in [1.807, 2.05) is 0 Å². The molecule has 112 valence electrons. The van der Waals surface area contributed by atoms with Gasteiger partial charge in [0.05, 0.1) is 19.0 Å². The van der Waals surface area contributed by atoms with Crippen LogP contribution < -0.4 is 0 Å². The predicted octanol–water partition coefficient (Wildman–Crippen LogP) is 1.59. The van der Waals surface area contributed by atoms with E-state index in [0.717, 1.165) is 0 Å². The van der Waals surface area contributed by atoms with E-state index in [2.05, 4.69) is 20.8 Å². The summed E-state index contributed by atoms with van der Waals surface area (Å²) in [5.41, 5.74) is 0.0434. The van der Waals surface area contributed by atoms with Gasteiger partial charge in [-0.15, -0.1) is 0 Å². The van der Waals surface area contributed by atoms with E-state index >= 15 is 0 Å². The van der Waals surface area contributed by atoms with Gasteiger partial charge in [0.2, 0.25) is 10.0 Å². The average molecular weight is 291 g/mol. The van der Waals surface area contributed by atoms with Gasteiger partial charge in [-0.05, 0) is 11.8 Å². The van der Waals surface area contributed by atoms with Crippen LogP contribution in [0.4, 0.5) is 0 Å². The normalized spacial score (nSPS) is 25.0. The Bertz CT molecular complexity index is 397. The second-order valence-corrected chi connectivity index (χ2v) is 8.72. The molecule has 0 aromatic carbocycles. The molecule has 5 nitrogen and oxygen atoms in total. The van der Waals surface area contributed by atoms with Crippen LogP contribution in [0.2, 0.25) is 0 Å². The van der Waals surface area contributed by atoms with Gasteiger partial charge in [0.25, 0.3) is 0 Å². The molecule has 2 saturated heterocycles. The Balaban J connectivity index is 1.89. The van der Waals surface area contributed by atoms with E-state index in [0.29, 0.717) is 45.6 Å². The highest BCUT2D eigenvalue weighted by molar-refractivity contribution is 7.89. The van der Waals surface area contributed by atoms with Crippen LogP contribution in [-0.4, -0.2) is 50.6 Å². The lowest BCUT2D eigenvalue weighted by atomic mass is 9.94. The van der Waals surface area contributed by atoms with Crippen LogP contribution in [0.5, 0.6) is 0 Å². The van der Waals surface area contributed by atoms with E-state index in [9.17, 15) is 8.42 Å². The van der Waals surface area contributed by atoms with Crippen LogP contribution in [0.25, 0.3) is 0 Å². The zero-order valence-electron chi connectivity index (χ0n) is 12.1. The van der Waals surface area contributed by atoms with E-state index in [4.69, 9.17) is 9.47 Å². The minimum absolute atomic E-state index is 0.0434. The Morgan fingerprint density at radius 1 is 1.11 bits per heavy atom. The molecule has 2 heterocycles. The molecule has 2 rings (SSSR count). The molecule has 0 radical (unpaired) electrons.